The number of hydrogen-bond acceptors (Lipinski definition) is 7. The van der Waals surface area contributed by atoms with Crippen LogP contribution in [-0.4, -0.2) is 34.5 Å². The van der Waals surface area contributed by atoms with Crippen LogP contribution in [0.4, 0.5) is 0 Å². The summed E-state index contributed by atoms with van der Waals surface area (Å²) in [5.41, 5.74) is 4.34. The minimum atomic E-state index is -0.0649. The first-order valence-electron chi connectivity index (χ1n) is 10.3. The first-order chi connectivity index (χ1) is 14.7. The lowest BCUT2D eigenvalue weighted by Crippen LogP contribution is -2.36. The minimum Gasteiger partial charge on any atom is -0.507 e. The van der Waals surface area contributed by atoms with E-state index >= 15 is 0 Å². The minimum absolute atomic E-state index is 0.0649. The third kappa shape index (κ3) is 3.45. The molecule has 0 saturated carbocycles. The van der Waals surface area contributed by atoms with Crippen LogP contribution in [0.15, 0.2) is 40.9 Å². The number of phenolic OH excluding ortho intramolecular Hbond substituents is 1. The van der Waals surface area contributed by atoms with Gasteiger partial charge in [0, 0.05) is 36.4 Å². The molecule has 2 N–H and O–H groups in total. The second-order valence-electron chi connectivity index (χ2n) is 7.78. The molecule has 5 rings (SSSR count). The highest BCUT2D eigenvalue weighted by Crippen LogP contribution is 2.38. The number of aromatic nitrogens is 2. The molecule has 0 amide bonds. The van der Waals surface area contributed by atoms with E-state index in [0.717, 1.165) is 44.5 Å². The van der Waals surface area contributed by atoms with Crippen LogP contribution >= 0.6 is 0 Å². The molecule has 2 aromatic carbocycles. The van der Waals surface area contributed by atoms with Crippen molar-refractivity contribution in [3.8, 4) is 34.7 Å². The Labute approximate surface area is 174 Å². The Morgan fingerprint density at radius 1 is 1.13 bits per heavy atom. The van der Waals surface area contributed by atoms with Crippen molar-refractivity contribution < 1.29 is 14.4 Å². The number of phenols is 1. The van der Waals surface area contributed by atoms with Gasteiger partial charge in [0.05, 0.1) is 5.56 Å². The average Bonchev–Trinajstić information content (AvgIpc) is 3.43. The maximum atomic E-state index is 9.71. The van der Waals surface area contributed by atoms with E-state index in [1.165, 1.54) is 17.2 Å². The van der Waals surface area contributed by atoms with Crippen LogP contribution in [0.25, 0.3) is 22.8 Å². The third-order valence-electron chi connectivity index (χ3n) is 5.96. The topological polar surface area (TPSA) is 104 Å². The van der Waals surface area contributed by atoms with E-state index in [1.54, 1.807) is 12.1 Å². The number of rotatable bonds is 4. The Bertz CT molecular complexity index is 1110. The van der Waals surface area contributed by atoms with E-state index in [4.69, 9.17) is 14.5 Å². The van der Waals surface area contributed by atoms with Gasteiger partial charge in [0.1, 0.15) is 11.8 Å². The summed E-state index contributed by atoms with van der Waals surface area (Å²) < 4.78 is 10.9. The van der Waals surface area contributed by atoms with E-state index < -0.39 is 0 Å². The van der Waals surface area contributed by atoms with Gasteiger partial charge in [0.15, 0.2) is 0 Å². The van der Waals surface area contributed by atoms with Crippen molar-refractivity contribution in [2.45, 2.75) is 37.8 Å². The molecule has 2 heterocycles. The van der Waals surface area contributed by atoms with Crippen molar-refractivity contribution in [2.75, 3.05) is 13.2 Å². The summed E-state index contributed by atoms with van der Waals surface area (Å²) >= 11 is 0. The molecule has 1 aromatic heterocycles. The number of hydrogen-bond donors (Lipinski definition) is 2. The summed E-state index contributed by atoms with van der Waals surface area (Å²) in [6.45, 7) is 1.65. The Balaban J connectivity index is 1.42. The molecule has 1 fully saturated rings. The van der Waals surface area contributed by atoms with Crippen LogP contribution in [0.2, 0.25) is 0 Å². The normalized spacial score (nSPS) is 18.8. The molecule has 0 radical (unpaired) electrons. The predicted molar refractivity (Wildman–Crippen MR) is 110 cm³/mol. The first-order valence-corrected chi connectivity index (χ1v) is 10.3. The fourth-order valence-electron chi connectivity index (χ4n) is 4.39. The monoisotopic (exact) mass is 402 g/mol. The Hall–Kier alpha value is -3.21. The lowest BCUT2D eigenvalue weighted by atomic mass is 10.0. The first kappa shape index (κ1) is 18.8. The van der Waals surface area contributed by atoms with Gasteiger partial charge in [0.2, 0.25) is 5.82 Å². The van der Waals surface area contributed by atoms with Gasteiger partial charge in [-0.3, -0.25) is 0 Å². The Morgan fingerprint density at radius 2 is 2.00 bits per heavy atom. The number of ether oxygens (including phenoxy) is 1. The van der Waals surface area contributed by atoms with E-state index in [0.29, 0.717) is 29.4 Å². The van der Waals surface area contributed by atoms with Crippen molar-refractivity contribution in [2.24, 2.45) is 0 Å². The van der Waals surface area contributed by atoms with Crippen molar-refractivity contribution in [3.63, 3.8) is 0 Å². The zero-order chi connectivity index (χ0) is 20.5. The lowest BCUT2D eigenvalue weighted by Gasteiger charge is -2.27. The molecular weight excluding hydrogens is 380 g/mol. The SMILES string of the molecule is N#Cc1cc(-c2nc(-c3cccc4c3CCC4NC3CCOCC3)no2)ccc1O. The zero-order valence-electron chi connectivity index (χ0n) is 16.5. The molecule has 1 unspecified atom stereocenters. The van der Waals surface area contributed by atoms with Crippen LogP contribution in [0.1, 0.15) is 42.0 Å². The van der Waals surface area contributed by atoms with Crippen molar-refractivity contribution >= 4 is 0 Å². The smallest absolute Gasteiger partial charge is 0.258 e. The van der Waals surface area contributed by atoms with Gasteiger partial charge in [-0.2, -0.15) is 10.2 Å². The summed E-state index contributed by atoms with van der Waals surface area (Å²) in [7, 11) is 0. The maximum absolute atomic E-state index is 9.71. The van der Waals surface area contributed by atoms with Gasteiger partial charge < -0.3 is 19.7 Å². The molecule has 1 aliphatic carbocycles. The largest absolute Gasteiger partial charge is 0.507 e. The number of benzene rings is 2. The van der Waals surface area contributed by atoms with Gasteiger partial charge in [-0.05, 0) is 55.0 Å². The van der Waals surface area contributed by atoms with Crippen LogP contribution < -0.4 is 5.32 Å². The van der Waals surface area contributed by atoms with E-state index in [1.807, 2.05) is 18.2 Å². The Morgan fingerprint density at radius 3 is 2.83 bits per heavy atom. The molecule has 152 valence electrons. The second kappa shape index (κ2) is 7.90. The molecule has 3 aromatic rings. The standard InChI is InChI=1S/C23H22N4O3/c24-13-15-12-14(4-7-21(15)28)23-26-22(27-30-23)19-3-1-2-18-17(19)5-6-20(18)25-16-8-10-29-11-9-16/h1-4,7,12,16,20,25,28H,5-6,8-11H2. The van der Waals surface area contributed by atoms with E-state index in [9.17, 15) is 5.11 Å². The van der Waals surface area contributed by atoms with Crippen LogP contribution in [-0.2, 0) is 11.2 Å². The van der Waals surface area contributed by atoms with Gasteiger partial charge in [-0.25, -0.2) is 0 Å². The number of nitriles is 1. The van der Waals surface area contributed by atoms with Crippen molar-refractivity contribution in [3.05, 3.63) is 53.1 Å². The second-order valence-corrected chi connectivity index (χ2v) is 7.78. The van der Waals surface area contributed by atoms with Crippen molar-refractivity contribution in [1.82, 2.24) is 15.5 Å². The van der Waals surface area contributed by atoms with Crippen LogP contribution in [0.3, 0.4) is 0 Å². The fraction of sp³-hybridized carbons (Fsp3) is 0.348. The molecule has 1 atom stereocenters. The number of nitrogens with one attached hydrogen (secondary N) is 1. The molecule has 1 aliphatic heterocycles. The van der Waals surface area contributed by atoms with Crippen LogP contribution in [0, 0.1) is 11.3 Å². The molecule has 0 bridgehead atoms. The summed E-state index contributed by atoms with van der Waals surface area (Å²) in [5.74, 6) is 0.805. The zero-order valence-corrected chi connectivity index (χ0v) is 16.5. The molecule has 7 heteroatoms. The van der Waals surface area contributed by atoms with Gasteiger partial charge >= 0.3 is 0 Å². The van der Waals surface area contributed by atoms with Crippen LogP contribution in [0.5, 0.6) is 5.75 Å². The third-order valence-corrected chi connectivity index (χ3v) is 5.96. The molecule has 1 saturated heterocycles. The summed E-state index contributed by atoms with van der Waals surface area (Å²) in [5, 5.41) is 26.8. The highest BCUT2D eigenvalue weighted by molar-refractivity contribution is 5.67. The molecule has 0 spiro atoms. The number of aromatic hydroxyl groups is 1. The van der Waals surface area contributed by atoms with E-state index in [-0.39, 0.29) is 11.3 Å². The summed E-state index contributed by atoms with van der Waals surface area (Å²) in [4.78, 5) is 4.57. The lowest BCUT2D eigenvalue weighted by molar-refractivity contribution is 0.0749. The van der Waals surface area contributed by atoms with Crippen molar-refractivity contribution in [1.29, 1.82) is 5.26 Å². The van der Waals surface area contributed by atoms with E-state index in [2.05, 4.69) is 21.5 Å². The van der Waals surface area contributed by atoms with Gasteiger partial charge in [0.25, 0.3) is 5.89 Å². The number of nitrogens with zero attached hydrogens (tertiary/aromatic N) is 3. The molecular formula is C23H22N4O3. The maximum Gasteiger partial charge on any atom is 0.258 e. The summed E-state index contributed by atoms with van der Waals surface area (Å²) in [6, 6.07) is 13.7. The quantitative estimate of drug-likeness (QED) is 0.685. The predicted octanol–water partition coefficient (Wildman–Crippen LogP) is 3.74. The van der Waals surface area contributed by atoms with Gasteiger partial charge in [-0.15, -0.1) is 0 Å². The average molecular weight is 402 g/mol. The molecule has 7 nitrogen and oxygen atoms in total. The molecule has 30 heavy (non-hydrogen) atoms. The highest BCUT2D eigenvalue weighted by atomic mass is 16.5. The number of fused-ring (bicyclic) bond motifs is 1. The Kier molecular flexibility index (Phi) is 4.95. The van der Waals surface area contributed by atoms with Gasteiger partial charge in [-0.1, -0.05) is 23.4 Å². The fourth-order valence-corrected chi connectivity index (χ4v) is 4.39. The highest BCUT2D eigenvalue weighted by Gasteiger charge is 2.28. The summed E-state index contributed by atoms with van der Waals surface area (Å²) in [6.07, 6.45) is 4.13. The molecule has 2 aliphatic rings.